The summed E-state index contributed by atoms with van der Waals surface area (Å²) >= 11 is 0. The molecule has 1 saturated heterocycles. The highest BCUT2D eigenvalue weighted by atomic mass is 16.2. The molecule has 116 valence electrons. The van der Waals surface area contributed by atoms with Crippen LogP contribution in [0, 0.1) is 0 Å². The van der Waals surface area contributed by atoms with E-state index in [1.807, 2.05) is 17.0 Å². The Morgan fingerprint density at radius 2 is 2.00 bits per heavy atom. The molecule has 1 aromatic carbocycles. The summed E-state index contributed by atoms with van der Waals surface area (Å²) in [7, 11) is 0. The van der Waals surface area contributed by atoms with Gasteiger partial charge < -0.3 is 15.5 Å². The average Bonchev–Trinajstić information content (AvgIpc) is 3.29. The smallest absolute Gasteiger partial charge is 0.245 e. The molecule has 1 atom stereocenters. The third kappa shape index (κ3) is 2.56. The zero-order valence-corrected chi connectivity index (χ0v) is 12.6. The van der Waals surface area contributed by atoms with Crippen molar-refractivity contribution in [2.45, 2.75) is 50.6 Å². The van der Waals surface area contributed by atoms with Gasteiger partial charge in [0.1, 0.15) is 6.04 Å². The van der Waals surface area contributed by atoms with Crippen molar-refractivity contribution in [3.63, 3.8) is 0 Å². The first-order valence-corrected chi connectivity index (χ1v) is 8.20. The van der Waals surface area contributed by atoms with Gasteiger partial charge in [-0.2, -0.15) is 0 Å². The normalized spacial score (nSPS) is 24.7. The van der Waals surface area contributed by atoms with Crippen molar-refractivity contribution >= 4 is 23.2 Å². The minimum Gasteiger partial charge on any atom is -0.374 e. The number of hydrogen-bond donors (Lipinski definition) is 2. The van der Waals surface area contributed by atoms with Crippen LogP contribution in [-0.4, -0.2) is 35.3 Å². The van der Waals surface area contributed by atoms with E-state index in [-0.39, 0.29) is 17.9 Å². The van der Waals surface area contributed by atoms with E-state index in [0.717, 1.165) is 55.6 Å². The maximum absolute atomic E-state index is 12.4. The van der Waals surface area contributed by atoms with Crippen LogP contribution in [0.2, 0.25) is 0 Å². The maximum Gasteiger partial charge on any atom is 0.245 e. The molecular formula is C17H21N3O2. The van der Waals surface area contributed by atoms with Gasteiger partial charge in [0.05, 0.1) is 0 Å². The van der Waals surface area contributed by atoms with Crippen molar-refractivity contribution in [1.82, 2.24) is 4.90 Å². The fourth-order valence-corrected chi connectivity index (χ4v) is 3.45. The van der Waals surface area contributed by atoms with Crippen LogP contribution in [0.4, 0.5) is 11.4 Å². The highest BCUT2D eigenvalue weighted by Gasteiger charge is 2.40. The molecular weight excluding hydrogens is 278 g/mol. The summed E-state index contributed by atoms with van der Waals surface area (Å²) in [6.07, 6.45) is 5.56. The summed E-state index contributed by atoms with van der Waals surface area (Å²) in [5.74, 6) is 0.330. The number of rotatable bonds is 3. The summed E-state index contributed by atoms with van der Waals surface area (Å²) in [5.41, 5.74) is 3.04. The van der Waals surface area contributed by atoms with Gasteiger partial charge in [-0.05, 0) is 55.9 Å². The molecule has 5 heteroatoms. The number of anilines is 2. The molecule has 0 bridgehead atoms. The number of carbonyl (C=O) groups excluding carboxylic acids is 2. The van der Waals surface area contributed by atoms with E-state index in [0.29, 0.717) is 12.5 Å². The second-order valence-corrected chi connectivity index (χ2v) is 6.52. The predicted molar refractivity (Wildman–Crippen MR) is 84.8 cm³/mol. The molecule has 3 aliphatic rings. The van der Waals surface area contributed by atoms with Gasteiger partial charge >= 0.3 is 0 Å². The summed E-state index contributed by atoms with van der Waals surface area (Å²) < 4.78 is 0. The monoisotopic (exact) mass is 299 g/mol. The van der Waals surface area contributed by atoms with Crippen molar-refractivity contribution in [1.29, 1.82) is 0 Å². The molecule has 5 nitrogen and oxygen atoms in total. The molecule has 2 amide bonds. The summed E-state index contributed by atoms with van der Waals surface area (Å²) in [5, 5.41) is 6.32. The van der Waals surface area contributed by atoms with E-state index >= 15 is 0 Å². The number of benzene rings is 1. The number of amides is 2. The second kappa shape index (κ2) is 5.30. The second-order valence-electron chi connectivity index (χ2n) is 6.52. The first-order valence-electron chi connectivity index (χ1n) is 8.20. The zero-order chi connectivity index (χ0) is 15.1. The third-order valence-electron chi connectivity index (χ3n) is 4.80. The van der Waals surface area contributed by atoms with Gasteiger partial charge in [-0.25, -0.2) is 0 Å². The van der Waals surface area contributed by atoms with Crippen molar-refractivity contribution in [2.24, 2.45) is 0 Å². The molecule has 0 radical (unpaired) electrons. The molecule has 2 N–H and O–H groups in total. The van der Waals surface area contributed by atoms with Crippen LogP contribution in [0.25, 0.3) is 0 Å². The van der Waals surface area contributed by atoms with Gasteiger partial charge in [0.25, 0.3) is 0 Å². The first kappa shape index (κ1) is 13.6. The fourth-order valence-electron chi connectivity index (χ4n) is 3.45. The van der Waals surface area contributed by atoms with Crippen LogP contribution in [0.15, 0.2) is 18.2 Å². The van der Waals surface area contributed by atoms with Gasteiger partial charge in [-0.3, -0.25) is 9.59 Å². The molecule has 0 spiro atoms. The van der Waals surface area contributed by atoms with Crippen LogP contribution in [-0.2, 0) is 16.0 Å². The van der Waals surface area contributed by atoms with Crippen molar-refractivity contribution in [3.05, 3.63) is 23.8 Å². The minimum atomic E-state index is -0.0981. The summed E-state index contributed by atoms with van der Waals surface area (Å²) in [6.45, 7) is 0.877. The largest absolute Gasteiger partial charge is 0.374 e. The van der Waals surface area contributed by atoms with Gasteiger partial charge in [0.2, 0.25) is 11.8 Å². The van der Waals surface area contributed by atoms with E-state index in [2.05, 4.69) is 16.7 Å². The Bertz CT molecular complexity index is 624. The first-order chi connectivity index (χ1) is 10.7. The van der Waals surface area contributed by atoms with Crippen molar-refractivity contribution < 1.29 is 9.59 Å². The molecule has 4 rings (SSSR count). The van der Waals surface area contributed by atoms with Gasteiger partial charge in [-0.15, -0.1) is 0 Å². The van der Waals surface area contributed by atoms with Crippen LogP contribution in [0.3, 0.4) is 0 Å². The average molecular weight is 299 g/mol. The molecule has 22 heavy (non-hydrogen) atoms. The molecule has 2 heterocycles. The van der Waals surface area contributed by atoms with E-state index in [9.17, 15) is 9.59 Å². The Morgan fingerprint density at radius 1 is 1.14 bits per heavy atom. The minimum absolute atomic E-state index is 0.0884. The van der Waals surface area contributed by atoms with Crippen molar-refractivity contribution in [3.8, 4) is 0 Å². The lowest BCUT2D eigenvalue weighted by Gasteiger charge is -2.17. The van der Waals surface area contributed by atoms with Crippen molar-refractivity contribution in [2.75, 3.05) is 17.2 Å². The molecule has 2 fully saturated rings. The van der Waals surface area contributed by atoms with E-state index < -0.39 is 0 Å². The van der Waals surface area contributed by atoms with E-state index in [1.165, 1.54) is 0 Å². The molecule has 2 aliphatic heterocycles. The lowest BCUT2D eigenvalue weighted by Crippen LogP contribution is -2.34. The molecule has 0 aromatic heterocycles. The van der Waals surface area contributed by atoms with E-state index in [4.69, 9.17) is 0 Å². The summed E-state index contributed by atoms with van der Waals surface area (Å²) in [6, 6.07) is 6.38. The fraction of sp³-hybridized carbons (Fsp3) is 0.529. The highest BCUT2D eigenvalue weighted by Crippen LogP contribution is 2.32. The Labute approximate surface area is 130 Å². The van der Waals surface area contributed by atoms with Crippen LogP contribution in [0.5, 0.6) is 0 Å². The third-order valence-corrected chi connectivity index (χ3v) is 4.80. The van der Waals surface area contributed by atoms with E-state index in [1.54, 1.807) is 0 Å². The SMILES string of the molecule is O=C1CCCc2cc(N[C@H]3CCN(C4CC4)C3=O)ccc2N1. The highest BCUT2D eigenvalue weighted by molar-refractivity contribution is 5.93. The quantitative estimate of drug-likeness (QED) is 0.899. The van der Waals surface area contributed by atoms with Crippen LogP contribution in [0.1, 0.15) is 37.7 Å². The number of fused-ring (bicyclic) bond motifs is 1. The summed E-state index contributed by atoms with van der Waals surface area (Å²) in [4.78, 5) is 26.0. The van der Waals surface area contributed by atoms with Gasteiger partial charge in [0, 0.05) is 30.4 Å². The number of carbonyl (C=O) groups is 2. The van der Waals surface area contributed by atoms with Gasteiger partial charge in [0.15, 0.2) is 0 Å². The topological polar surface area (TPSA) is 61.4 Å². The number of nitrogens with one attached hydrogen (secondary N) is 2. The number of aryl methyl sites for hydroxylation is 1. The number of nitrogens with zero attached hydrogens (tertiary/aromatic N) is 1. The number of likely N-dealkylation sites (tertiary alicyclic amines) is 1. The Morgan fingerprint density at radius 3 is 2.82 bits per heavy atom. The Kier molecular flexibility index (Phi) is 3.28. The predicted octanol–water partition coefficient (Wildman–Crippen LogP) is 2.14. The lowest BCUT2D eigenvalue weighted by molar-refractivity contribution is -0.128. The Hall–Kier alpha value is -2.04. The Balaban J connectivity index is 1.48. The maximum atomic E-state index is 12.4. The van der Waals surface area contributed by atoms with Crippen LogP contribution < -0.4 is 10.6 Å². The van der Waals surface area contributed by atoms with Gasteiger partial charge in [-0.1, -0.05) is 0 Å². The molecule has 1 aliphatic carbocycles. The molecule has 1 aromatic rings. The standard InChI is InChI=1S/C17H21N3O2/c21-16-3-1-2-11-10-12(4-7-14(11)19-16)18-15-8-9-20(17(15)22)13-5-6-13/h4,7,10,13,15,18H,1-3,5-6,8-9H2,(H,19,21)/t15-/m0/s1. The van der Waals surface area contributed by atoms with Crippen LogP contribution >= 0.6 is 0 Å². The number of hydrogen-bond acceptors (Lipinski definition) is 3. The lowest BCUT2D eigenvalue weighted by atomic mass is 10.1. The molecule has 1 saturated carbocycles. The zero-order valence-electron chi connectivity index (χ0n) is 12.6. The molecule has 0 unspecified atom stereocenters.